The van der Waals surface area contributed by atoms with Gasteiger partial charge in [0.2, 0.25) is 10.0 Å². The van der Waals surface area contributed by atoms with Gasteiger partial charge in [-0.2, -0.15) is 9.57 Å². The van der Waals surface area contributed by atoms with Gasteiger partial charge < -0.3 is 9.30 Å². The van der Waals surface area contributed by atoms with E-state index in [0.29, 0.717) is 30.9 Å². The summed E-state index contributed by atoms with van der Waals surface area (Å²) in [4.78, 5) is 16.3. The van der Waals surface area contributed by atoms with Gasteiger partial charge in [-0.3, -0.25) is 4.79 Å². The Kier molecular flexibility index (Phi) is 5.77. The highest BCUT2D eigenvalue weighted by atomic mass is 32.2. The fourth-order valence-corrected chi connectivity index (χ4v) is 4.80. The number of sulfonamides is 1. The van der Waals surface area contributed by atoms with Gasteiger partial charge in [0, 0.05) is 26.6 Å². The minimum absolute atomic E-state index is 0.109. The number of hydrogen-bond acceptors (Lipinski definition) is 6. The Labute approximate surface area is 158 Å². The van der Waals surface area contributed by atoms with E-state index >= 15 is 0 Å². The maximum Gasteiger partial charge on any atom is 0.307 e. The highest BCUT2D eigenvalue weighted by molar-refractivity contribution is 7.89. The molecule has 2 heterocycles. The molecule has 144 valence electrons. The van der Waals surface area contributed by atoms with Crippen LogP contribution in [0.25, 0.3) is 11.0 Å². The Morgan fingerprint density at radius 3 is 2.74 bits per heavy atom. The number of esters is 1. The van der Waals surface area contributed by atoms with E-state index < -0.39 is 16.0 Å². The summed E-state index contributed by atoms with van der Waals surface area (Å²) in [7, 11) is -1.69. The van der Waals surface area contributed by atoms with Crippen molar-refractivity contribution >= 4 is 27.0 Å². The first-order valence-electron chi connectivity index (χ1n) is 8.91. The highest BCUT2D eigenvalue weighted by Gasteiger charge is 2.26. The lowest BCUT2D eigenvalue weighted by Gasteiger charge is -2.25. The van der Waals surface area contributed by atoms with Gasteiger partial charge in [-0.25, -0.2) is 13.4 Å². The minimum atomic E-state index is -3.51. The molecule has 1 aromatic carbocycles. The van der Waals surface area contributed by atoms with Gasteiger partial charge in [-0.15, -0.1) is 0 Å². The second-order valence-corrected chi connectivity index (χ2v) is 8.46. The van der Waals surface area contributed by atoms with Crippen LogP contribution in [0, 0.1) is 11.3 Å². The van der Waals surface area contributed by atoms with E-state index in [1.165, 1.54) is 4.31 Å². The maximum absolute atomic E-state index is 12.8. The second-order valence-electron chi connectivity index (χ2n) is 6.52. The lowest BCUT2D eigenvalue weighted by molar-refractivity contribution is -0.142. The van der Waals surface area contributed by atoms with E-state index in [1.54, 1.807) is 24.3 Å². The summed E-state index contributed by atoms with van der Waals surface area (Å²) < 4.78 is 33.8. The van der Waals surface area contributed by atoms with Crippen molar-refractivity contribution in [3.8, 4) is 6.07 Å². The number of piperidine rings is 1. The van der Waals surface area contributed by atoms with E-state index in [2.05, 4.69) is 4.98 Å². The number of carbonyl (C=O) groups excluding carboxylic acids is 1. The number of rotatable bonds is 6. The molecule has 0 amide bonds. The maximum atomic E-state index is 12.8. The highest BCUT2D eigenvalue weighted by Crippen LogP contribution is 2.24. The van der Waals surface area contributed by atoms with Crippen molar-refractivity contribution in [3.05, 3.63) is 24.0 Å². The van der Waals surface area contributed by atoms with Crippen molar-refractivity contribution in [2.45, 2.75) is 37.0 Å². The normalized spacial score (nSPS) is 15.6. The Balaban J connectivity index is 1.82. The molecule has 27 heavy (non-hydrogen) atoms. The number of nitrogens with zero attached hydrogens (tertiary/aromatic N) is 4. The third kappa shape index (κ3) is 4.12. The summed E-state index contributed by atoms with van der Waals surface area (Å²) in [5.41, 5.74) is 1.38. The van der Waals surface area contributed by atoms with Crippen molar-refractivity contribution in [2.75, 3.05) is 19.7 Å². The molecule has 1 fully saturated rings. The van der Waals surface area contributed by atoms with Crippen molar-refractivity contribution in [1.29, 1.82) is 5.26 Å². The van der Waals surface area contributed by atoms with Crippen LogP contribution in [0.2, 0.25) is 0 Å². The molecule has 0 aliphatic carbocycles. The first kappa shape index (κ1) is 19.3. The van der Waals surface area contributed by atoms with Crippen LogP contribution in [0.1, 0.15) is 31.5 Å². The molecule has 0 bridgehead atoms. The average Bonchev–Trinajstić information content (AvgIpc) is 3.00. The summed E-state index contributed by atoms with van der Waals surface area (Å²) in [5, 5.41) is 8.43. The number of aromatic nitrogens is 2. The van der Waals surface area contributed by atoms with E-state index in [9.17, 15) is 13.2 Å². The molecule has 1 aromatic heterocycles. The Hall–Kier alpha value is -2.44. The van der Waals surface area contributed by atoms with E-state index in [0.717, 1.165) is 24.8 Å². The van der Waals surface area contributed by atoms with Crippen LogP contribution in [0.3, 0.4) is 0 Å². The van der Waals surface area contributed by atoms with Gasteiger partial charge in [0.15, 0.2) is 6.61 Å². The zero-order valence-corrected chi connectivity index (χ0v) is 16.0. The number of hydrogen-bond donors (Lipinski definition) is 0. The molecule has 0 atom stereocenters. The fraction of sp³-hybridized carbons (Fsp3) is 0.500. The monoisotopic (exact) mass is 390 g/mol. The van der Waals surface area contributed by atoms with Gasteiger partial charge in [-0.1, -0.05) is 6.42 Å². The van der Waals surface area contributed by atoms with Gasteiger partial charge in [0.25, 0.3) is 0 Å². The Morgan fingerprint density at radius 2 is 2.04 bits per heavy atom. The summed E-state index contributed by atoms with van der Waals surface area (Å²) in [6.07, 6.45) is 3.29. The number of benzene rings is 1. The third-order valence-corrected chi connectivity index (χ3v) is 6.64. The Morgan fingerprint density at radius 1 is 1.30 bits per heavy atom. The Bertz CT molecular complexity index is 985. The molecule has 2 aromatic rings. The number of aryl methyl sites for hydroxylation is 2. The van der Waals surface area contributed by atoms with Crippen molar-refractivity contribution in [2.24, 2.45) is 7.05 Å². The zero-order valence-electron chi connectivity index (χ0n) is 15.2. The van der Waals surface area contributed by atoms with E-state index in [4.69, 9.17) is 10.00 Å². The third-order valence-electron chi connectivity index (χ3n) is 4.75. The summed E-state index contributed by atoms with van der Waals surface area (Å²) in [5.74, 6) is 0.198. The van der Waals surface area contributed by atoms with Crippen LogP contribution in [-0.2, 0) is 33.0 Å². The van der Waals surface area contributed by atoms with Gasteiger partial charge in [0.1, 0.15) is 11.9 Å². The molecule has 1 saturated heterocycles. The number of carbonyl (C=O) groups is 1. The van der Waals surface area contributed by atoms with Gasteiger partial charge in [-0.05, 0) is 31.0 Å². The topological polar surface area (TPSA) is 105 Å². The van der Waals surface area contributed by atoms with Crippen LogP contribution in [-0.4, -0.2) is 47.9 Å². The van der Waals surface area contributed by atoms with Crippen molar-refractivity contribution in [3.63, 3.8) is 0 Å². The number of nitriles is 1. The van der Waals surface area contributed by atoms with Crippen molar-refractivity contribution in [1.82, 2.24) is 13.9 Å². The first-order chi connectivity index (χ1) is 12.9. The molecule has 9 heteroatoms. The molecular weight excluding hydrogens is 368 g/mol. The quantitative estimate of drug-likeness (QED) is 0.696. The largest absolute Gasteiger partial charge is 0.450 e. The first-order valence-corrected chi connectivity index (χ1v) is 10.4. The average molecular weight is 390 g/mol. The number of ether oxygens (including phenoxy) is 1. The summed E-state index contributed by atoms with van der Waals surface area (Å²) >= 11 is 0. The fourth-order valence-electron chi connectivity index (χ4n) is 3.27. The molecule has 0 spiro atoms. The zero-order chi connectivity index (χ0) is 19.4. The van der Waals surface area contributed by atoms with Crippen LogP contribution >= 0.6 is 0 Å². The van der Waals surface area contributed by atoms with E-state index in [-0.39, 0.29) is 17.9 Å². The number of fused-ring (bicyclic) bond motifs is 1. The SMILES string of the molecule is Cn1c(CCC(=O)OCC#N)nc2cc(S(=O)(=O)N3CCCCC3)ccc21. The minimum Gasteiger partial charge on any atom is -0.450 e. The lowest BCUT2D eigenvalue weighted by Crippen LogP contribution is -2.35. The molecule has 8 nitrogen and oxygen atoms in total. The number of imidazole rings is 1. The molecular formula is C18H22N4O4S. The summed E-state index contributed by atoms with van der Waals surface area (Å²) in [6.45, 7) is 0.844. The van der Waals surface area contributed by atoms with Crippen LogP contribution in [0.4, 0.5) is 0 Å². The van der Waals surface area contributed by atoms with Gasteiger partial charge in [0.05, 0.1) is 22.3 Å². The van der Waals surface area contributed by atoms with Crippen LogP contribution < -0.4 is 0 Å². The molecule has 1 aliphatic heterocycles. The van der Waals surface area contributed by atoms with Crippen molar-refractivity contribution < 1.29 is 17.9 Å². The molecule has 3 rings (SSSR count). The molecule has 0 unspecified atom stereocenters. The summed E-state index contributed by atoms with van der Waals surface area (Å²) in [6, 6.07) is 6.70. The van der Waals surface area contributed by atoms with Gasteiger partial charge >= 0.3 is 5.97 Å². The molecule has 0 N–H and O–H groups in total. The standard InChI is InChI=1S/C18H22N4O4S/c1-21-16-6-5-14(27(24,25)22-10-3-2-4-11-22)13-15(16)20-17(21)7-8-18(23)26-12-9-19/h5-6,13H,2-4,7-8,10-12H2,1H3. The second kappa shape index (κ2) is 8.06. The predicted octanol–water partition coefficient (Wildman–Crippen LogP) is 1.75. The lowest BCUT2D eigenvalue weighted by atomic mass is 10.2. The molecule has 0 saturated carbocycles. The smallest absolute Gasteiger partial charge is 0.307 e. The van der Waals surface area contributed by atoms with Crippen LogP contribution in [0.5, 0.6) is 0 Å². The molecule has 1 aliphatic rings. The van der Waals surface area contributed by atoms with E-state index in [1.807, 2.05) is 11.6 Å². The molecule has 0 radical (unpaired) electrons. The predicted molar refractivity (Wildman–Crippen MR) is 98.2 cm³/mol. The van der Waals surface area contributed by atoms with Crippen LogP contribution in [0.15, 0.2) is 23.1 Å².